The van der Waals surface area contributed by atoms with Crippen molar-refractivity contribution in [2.24, 2.45) is 58.7 Å². The fourth-order valence-corrected chi connectivity index (χ4v) is 13.6. The summed E-state index contributed by atoms with van der Waals surface area (Å²) in [4.78, 5) is 40.1. The molecule has 0 aromatic heterocycles. The minimum Gasteiger partial charge on any atom is -0.394 e. The summed E-state index contributed by atoms with van der Waals surface area (Å²) >= 11 is 0. The summed E-state index contributed by atoms with van der Waals surface area (Å²) < 4.78 is 12.4. The van der Waals surface area contributed by atoms with Gasteiger partial charge in [0, 0.05) is 56.1 Å². The van der Waals surface area contributed by atoms with E-state index in [1.807, 2.05) is 19.1 Å². The number of carbonyl (C=O) groups is 2. The Balaban J connectivity index is 1.18. The monoisotopic (exact) mass is 832 g/mol. The molecule has 0 radical (unpaired) electrons. The van der Waals surface area contributed by atoms with E-state index in [1.165, 1.54) is 38.5 Å². The molecule has 1 saturated heterocycles. The molecule has 0 aromatic carbocycles. The molecule has 340 valence electrons. The van der Waals surface area contributed by atoms with Gasteiger partial charge in [0.1, 0.15) is 12.1 Å². The van der Waals surface area contributed by atoms with Crippen molar-refractivity contribution >= 4 is 11.8 Å². The van der Waals surface area contributed by atoms with Crippen LogP contribution in [0.25, 0.3) is 0 Å². The molecule has 6 saturated carbocycles. The highest BCUT2D eigenvalue weighted by molar-refractivity contribution is 5.83. The number of nitrogens with zero attached hydrogens (tertiary/aromatic N) is 3. The Bertz CT molecular complexity index is 1360. The fourth-order valence-electron chi connectivity index (χ4n) is 13.6. The van der Waals surface area contributed by atoms with Gasteiger partial charge in [-0.05, 0) is 134 Å². The summed E-state index contributed by atoms with van der Waals surface area (Å²) in [6.45, 7) is 11.6. The molecule has 2 amide bonds. The van der Waals surface area contributed by atoms with Gasteiger partial charge in [-0.3, -0.25) is 14.4 Å². The standard InChI is InChI=1S/C47H85N5O7/c1-28-39-23-35(47(39,4)5)24-40(28)49-46(56)43-42(29(2)58-30(3)54)41(27-53)59-52(43)25-32-17-14-18-38(44(32)57-10)33-20-34(22-37(21-33)51(8)9)45(55)48-36(26-50(6)7)19-31-15-12-11-13-16-31/h28-44,53-54H,11-27H2,1-10H3,(H,48,55)(H,49,56)/t28-,29-,30?,32?,33?,34?,35+,36-,37?,38?,39-,40-,41-,42+,43-,44?/m0/s1. The average molecular weight is 832 g/mol. The van der Waals surface area contributed by atoms with Gasteiger partial charge in [0.25, 0.3) is 0 Å². The van der Waals surface area contributed by atoms with Crippen LogP contribution < -0.4 is 10.6 Å². The molecule has 0 aromatic rings. The maximum absolute atomic E-state index is 14.7. The number of fused-ring (bicyclic) bond motifs is 2. The Morgan fingerprint density at radius 2 is 1.68 bits per heavy atom. The van der Waals surface area contributed by atoms with Gasteiger partial charge >= 0.3 is 0 Å². The predicted octanol–water partition coefficient (Wildman–Crippen LogP) is 5.30. The zero-order valence-electron chi connectivity index (χ0n) is 38.6. The minimum atomic E-state index is -1.02. The van der Waals surface area contributed by atoms with Crippen LogP contribution in [0.3, 0.4) is 0 Å². The Kier molecular flexibility index (Phi) is 16.3. The van der Waals surface area contributed by atoms with Crippen molar-refractivity contribution in [2.75, 3.05) is 55.0 Å². The van der Waals surface area contributed by atoms with Crippen molar-refractivity contribution in [1.82, 2.24) is 25.5 Å². The van der Waals surface area contributed by atoms with Gasteiger partial charge in [0.05, 0.1) is 18.8 Å². The smallest absolute Gasteiger partial charge is 0.240 e. The predicted molar refractivity (Wildman–Crippen MR) is 231 cm³/mol. The van der Waals surface area contributed by atoms with Crippen LogP contribution in [0.4, 0.5) is 0 Å². The maximum Gasteiger partial charge on any atom is 0.240 e. The lowest BCUT2D eigenvalue weighted by Crippen LogP contribution is -2.62. The van der Waals surface area contributed by atoms with E-state index in [0.29, 0.717) is 47.6 Å². The third kappa shape index (κ3) is 10.9. The number of aliphatic hydroxyl groups excluding tert-OH is 2. The fraction of sp³-hybridized carbons (Fsp3) is 0.957. The number of hydroxylamine groups is 2. The number of hydrogen-bond acceptors (Lipinski definition) is 10. The van der Waals surface area contributed by atoms with Gasteiger partial charge in [-0.25, -0.2) is 0 Å². The molecule has 59 heavy (non-hydrogen) atoms. The first kappa shape index (κ1) is 47.1. The number of likely N-dealkylation sites (N-methyl/N-ethyl adjacent to an activating group) is 1. The second-order valence-electron chi connectivity index (χ2n) is 21.5. The molecule has 1 heterocycles. The second kappa shape index (κ2) is 20.4. The Morgan fingerprint density at radius 1 is 0.949 bits per heavy atom. The van der Waals surface area contributed by atoms with Gasteiger partial charge < -0.3 is 40.1 Å². The molecule has 6 aliphatic carbocycles. The number of amides is 2. The van der Waals surface area contributed by atoms with Crippen LogP contribution in [0.5, 0.6) is 0 Å². The molecule has 12 nitrogen and oxygen atoms in total. The quantitative estimate of drug-likeness (QED) is 0.143. The third-order valence-electron chi connectivity index (χ3n) is 16.8. The topological polar surface area (TPSA) is 136 Å². The maximum atomic E-state index is 14.7. The van der Waals surface area contributed by atoms with E-state index in [0.717, 1.165) is 57.9 Å². The highest BCUT2D eigenvalue weighted by Crippen LogP contribution is 2.61. The van der Waals surface area contributed by atoms with E-state index in [1.54, 1.807) is 6.92 Å². The van der Waals surface area contributed by atoms with E-state index in [4.69, 9.17) is 14.3 Å². The lowest BCUT2D eigenvalue weighted by atomic mass is 9.45. The SMILES string of the molecule is COC1C(CN2O[C@@H](CO)[C@@H]([C@H](C)OC(C)O)[C@H]2C(=O)N[C@H]2C[C@H]3C[C@@H]([C@@H]2C)C3(C)C)CCCC1C1CC(C(=O)N[C@@H](CC2CCCCC2)CN(C)C)CC(N(C)C)C1. The molecule has 4 N–H and O–H groups in total. The van der Waals surface area contributed by atoms with Gasteiger partial charge in [0.2, 0.25) is 11.8 Å². The zero-order chi connectivity index (χ0) is 42.8. The average Bonchev–Trinajstić information content (AvgIpc) is 3.56. The number of hydrogen-bond donors (Lipinski definition) is 4. The summed E-state index contributed by atoms with van der Waals surface area (Å²) in [7, 11) is 10.4. The van der Waals surface area contributed by atoms with Gasteiger partial charge in [-0.2, -0.15) is 5.06 Å². The first-order chi connectivity index (χ1) is 28.0. The third-order valence-corrected chi connectivity index (χ3v) is 16.8. The summed E-state index contributed by atoms with van der Waals surface area (Å²) in [5.74, 6) is 2.53. The first-order valence-electron chi connectivity index (χ1n) is 23.8. The molecule has 1 aliphatic heterocycles. The minimum absolute atomic E-state index is 0.0506. The van der Waals surface area contributed by atoms with Crippen LogP contribution in [0.15, 0.2) is 0 Å². The van der Waals surface area contributed by atoms with E-state index in [2.05, 4.69) is 69.4 Å². The highest BCUT2D eigenvalue weighted by Gasteiger charge is 2.58. The van der Waals surface area contributed by atoms with Crippen molar-refractivity contribution in [2.45, 2.75) is 173 Å². The number of nitrogens with one attached hydrogen (secondary N) is 2. The molecular formula is C47H85N5O7. The molecule has 7 unspecified atom stereocenters. The Labute approximate surface area is 357 Å². The number of methoxy groups -OCH3 is 1. The van der Waals surface area contributed by atoms with Crippen molar-refractivity contribution in [1.29, 1.82) is 0 Å². The molecule has 12 heteroatoms. The lowest BCUT2D eigenvalue weighted by molar-refractivity contribution is -0.194. The number of ether oxygens (including phenoxy) is 2. The van der Waals surface area contributed by atoms with Crippen molar-refractivity contribution in [3.63, 3.8) is 0 Å². The molecule has 16 atom stereocenters. The van der Waals surface area contributed by atoms with Gasteiger partial charge in [-0.1, -0.05) is 59.3 Å². The van der Waals surface area contributed by atoms with Crippen LogP contribution in [0.1, 0.15) is 125 Å². The molecule has 7 fully saturated rings. The van der Waals surface area contributed by atoms with Crippen LogP contribution in [0.2, 0.25) is 0 Å². The normalized spacial score (nSPS) is 39.4. The molecular weight excluding hydrogens is 747 g/mol. The van der Waals surface area contributed by atoms with Crippen molar-refractivity contribution < 1.29 is 34.1 Å². The Morgan fingerprint density at radius 3 is 2.29 bits per heavy atom. The van der Waals surface area contributed by atoms with Crippen molar-refractivity contribution in [3.05, 3.63) is 0 Å². The molecule has 0 spiro atoms. The van der Waals surface area contributed by atoms with Crippen LogP contribution in [-0.4, -0.2) is 141 Å². The molecule has 7 rings (SSSR count). The summed E-state index contributed by atoms with van der Waals surface area (Å²) in [6.07, 6.45) is 13.3. The van der Waals surface area contributed by atoms with Crippen LogP contribution in [0, 0.1) is 58.7 Å². The summed E-state index contributed by atoms with van der Waals surface area (Å²) in [5.41, 5.74) is 0.303. The first-order valence-corrected chi connectivity index (χ1v) is 23.8. The Hall–Kier alpha value is -1.38. The largest absolute Gasteiger partial charge is 0.394 e. The van der Waals surface area contributed by atoms with Crippen molar-refractivity contribution in [3.8, 4) is 0 Å². The second-order valence-corrected chi connectivity index (χ2v) is 21.5. The van der Waals surface area contributed by atoms with Gasteiger partial charge in [-0.15, -0.1) is 0 Å². The zero-order valence-corrected chi connectivity index (χ0v) is 38.6. The molecule has 7 aliphatic rings. The molecule has 2 bridgehead atoms. The van der Waals surface area contributed by atoms with E-state index in [-0.39, 0.29) is 54.4 Å². The van der Waals surface area contributed by atoms with E-state index >= 15 is 0 Å². The van der Waals surface area contributed by atoms with E-state index < -0.39 is 30.5 Å². The summed E-state index contributed by atoms with van der Waals surface area (Å²) in [5, 5.41) is 29.8. The number of carbonyl (C=O) groups excluding carboxylic acids is 2. The lowest BCUT2D eigenvalue weighted by Gasteiger charge is -2.62. The highest BCUT2D eigenvalue weighted by atomic mass is 16.7. The van der Waals surface area contributed by atoms with Crippen LogP contribution >= 0.6 is 0 Å². The number of aliphatic hydroxyl groups is 2. The van der Waals surface area contributed by atoms with E-state index in [9.17, 15) is 19.8 Å². The summed E-state index contributed by atoms with van der Waals surface area (Å²) in [6, 6.07) is -0.139. The number of rotatable bonds is 17. The van der Waals surface area contributed by atoms with Crippen LogP contribution in [-0.2, 0) is 23.9 Å². The van der Waals surface area contributed by atoms with Gasteiger partial charge in [0.15, 0.2) is 6.29 Å².